The second-order valence-electron chi connectivity index (χ2n) is 5.66. The van der Waals surface area contributed by atoms with Gasteiger partial charge < -0.3 is 10.1 Å². The molecule has 0 heterocycles. The lowest BCUT2D eigenvalue weighted by molar-refractivity contribution is -0.0976. The van der Waals surface area contributed by atoms with E-state index in [1.165, 1.54) is 14.8 Å². The summed E-state index contributed by atoms with van der Waals surface area (Å²) in [6.07, 6.45) is 1.50. The summed E-state index contributed by atoms with van der Waals surface area (Å²) in [7, 11) is 0. The molecule has 0 radical (unpaired) electrons. The number of halogens is 1. The highest BCUT2D eigenvalue weighted by Crippen LogP contribution is 2.44. The number of hydrogen-bond donors (Lipinski definition) is 1. The van der Waals surface area contributed by atoms with Gasteiger partial charge in [0, 0.05) is 27.3 Å². The van der Waals surface area contributed by atoms with Gasteiger partial charge in [0.2, 0.25) is 0 Å². The van der Waals surface area contributed by atoms with Gasteiger partial charge in [0.1, 0.15) is 0 Å². The van der Waals surface area contributed by atoms with Gasteiger partial charge in [0.15, 0.2) is 0 Å². The summed E-state index contributed by atoms with van der Waals surface area (Å²) in [5.41, 5.74) is 2.78. The van der Waals surface area contributed by atoms with Gasteiger partial charge in [0.25, 0.3) is 0 Å². The van der Waals surface area contributed by atoms with Crippen molar-refractivity contribution < 1.29 is 4.74 Å². The van der Waals surface area contributed by atoms with Gasteiger partial charge >= 0.3 is 0 Å². The molecule has 0 bridgehead atoms. The molecule has 1 aromatic carbocycles. The summed E-state index contributed by atoms with van der Waals surface area (Å²) >= 11 is 2.35. The molecular formula is C15H22INO. The van der Waals surface area contributed by atoms with Gasteiger partial charge in [-0.25, -0.2) is 0 Å². The van der Waals surface area contributed by atoms with Gasteiger partial charge in [-0.05, 0) is 66.6 Å². The van der Waals surface area contributed by atoms with Gasteiger partial charge in [-0.3, -0.25) is 0 Å². The first kappa shape index (κ1) is 14.1. The van der Waals surface area contributed by atoms with Crippen molar-refractivity contribution >= 4 is 28.3 Å². The fraction of sp³-hybridized carbons (Fsp3) is 0.600. The number of hydrogen-bond acceptors (Lipinski definition) is 2. The van der Waals surface area contributed by atoms with Gasteiger partial charge in [-0.1, -0.05) is 13.8 Å². The van der Waals surface area contributed by atoms with Gasteiger partial charge in [0.05, 0.1) is 6.10 Å². The zero-order chi connectivity index (χ0) is 13.3. The maximum Gasteiger partial charge on any atom is 0.0665 e. The van der Waals surface area contributed by atoms with Crippen molar-refractivity contribution in [1.82, 2.24) is 0 Å². The number of anilines is 1. The minimum Gasteiger partial charge on any atom is -0.381 e. The summed E-state index contributed by atoms with van der Waals surface area (Å²) in [5.74, 6) is 0. The smallest absolute Gasteiger partial charge is 0.0665 e. The fourth-order valence-electron chi connectivity index (χ4n) is 2.59. The number of benzene rings is 1. The van der Waals surface area contributed by atoms with Crippen LogP contribution >= 0.6 is 22.6 Å². The van der Waals surface area contributed by atoms with Crippen LogP contribution in [-0.4, -0.2) is 18.8 Å². The van der Waals surface area contributed by atoms with Crippen molar-refractivity contribution in [2.75, 3.05) is 11.9 Å². The molecule has 18 heavy (non-hydrogen) atoms. The maximum absolute atomic E-state index is 5.77. The van der Waals surface area contributed by atoms with Crippen molar-refractivity contribution in [3.63, 3.8) is 0 Å². The number of aryl methyl sites for hydroxylation is 1. The quantitative estimate of drug-likeness (QED) is 0.813. The molecule has 1 aliphatic rings. The first-order chi connectivity index (χ1) is 8.45. The van der Waals surface area contributed by atoms with Crippen LogP contribution in [0.4, 0.5) is 5.69 Å². The van der Waals surface area contributed by atoms with Crippen LogP contribution in [-0.2, 0) is 4.74 Å². The van der Waals surface area contributed by atoms with E-state index in [-0.39, 0.29) is 5.41 Å². The van der Waals surface area contributed by atoms with Crippen molar-refractivity contribution in [3.05, 3.63) is 27.3 Å². The highest BCUT2D eigenvalue weighted by molar-refractivity contribution is 14.1. The summed E-state index contributed by atoms with van der Waals surface area (Å²) in [6, 6.07) is 7.06. The Balaban J connectivity index is 2.03. The molecule has 0 aliphatic heterocycles. The highest BCUT2D eigenvalue weighted by atomic mass is 127. The molecule has 1 saturated carbocycles. The number of nitrogens with one attached hydrogen (secondary N) is 1. The van der Waals surface area contributed by atoms with E-state index in [9.17, 15) is 0 Å². The van der Waals surface area contributed by atoms with Crippen LogP contribution in [0, 0.1) is 15.9 Å². The van der Waals surface area contributed by atoms with Crippen molar-refractivity contribution in [2.24, 2.45) is 5.41 Å². The Bertz CT molecular complexity index is 431. The van der Waals surface area contributed by atoms with Crippen LogP contribution in [0.15, 0.2) is 18.2 Å². The van der Waals surface area contributed by atoms with Crippen LogP contribution in [0.3, 0.4) is 0 Å². The molecule has 2 nitrogen and oxygen atoms in total. The molecule has 3 heteroatoms. The summed E-state index contributed by atoms with van der Waals surface area (Å²) < 4.78 is 7.06. The van der Waals surface area contributed by atoms with Gasteiger partial charge in [-0.15, -0.1) is 0 Å². The average Bonchev–Trinajstić information content (AvgIpc) is 2.30. The first-order valence-electron chi connectivity index (χ1n) is 6.59. The van der Waals surface area contributed by atoms with Crippen LogP contribution in [0.5, 0.6) is 0 Å². The van der Waals surface area contributed by atoms with Crippen molar-refractivity contribution in [2.45, 2.75) is 46.3 Å². The second-order valence-corrected chi connectivity index (χ2v) is 6.90. The summed E-state index contributed by atoms with van der Waals surface area (Å²) in [4.78, 5) is 0. The molecule has 0 saturated heterocycles. The molecule has 1 aromatic rings. The van der Waals surface area contributed by atoms with E-state index in [2.05, 4.69) is 73.8 Å². The lowest BCUT2D eigenvalue weighted by atomic mass is 9.64. The maximum atomic E-state index is 5.77. The predicted molar refractivity (Wildman–Crippen MR) is 85.1 cm³/mol. The lowest BCUT2D eigenvalue weighted by Gasteiger charge is -2.52. The molecular weight excluding hydrogens is 337 g/mol. The van der Waals surface area contributed by atoms with E-state index in [1.807, 2.05) is 0 Å². The Morgan fingerprint density at radius 1 is 1.44 bits per heavy atom. The average molecular weight is 359 g/mol. The van der Waals surface area contributed by atoms with E-state index in [1.54, 1.807) is 0 Å². The molecule has 0 aromatic heterocycles. The molecule has 2 atom stereocenters. The van der Waals surface area contributed by atoms with Crippen LogP contribution in [0.25, 0.3) is 0 Å². The van der Waals surface area contributed by atoms with E-state index in [0.29, 0.717) is 12.1 Å². The molecule has 2 unspecified atom stereocenters. The Labute approximate surface area is 124 Å². The number of rotatable bonds is 4. The van der Waals surface area contributed by atoms with E-state index < -0.39 is 0 Å². The highest BCUT2D eigenvalue weighted by Gasteiger charge is 2.48. The largest absolute Gasteiger partial charge is 0.381 e. The summed E-state index contributed by atoms with van der Waals surface area (Å²) in [6.45, 7) is 9.62. The van der Waals surface area contributed by atoms with Gasteiger partial charge in [-0.2, -0.15) is 0 Å². The molecule has 0 amide bonds. The topological polar surface area (TPSA) is 21.3 Å². The molecule has 1 aliphatic carbocycles. The minimum absolute atomic E-state index is 0.214. The zero-order valence-electron chi connectivity index (χ0n) is 11.6. The fourth-order valence-corrected chi connectivity index (χ4v) is 3.24. The molecule has 100 valence electrons. The van der Waals surface area contributed by atoms with Crippen molar-refractivity contribution in [1.29, 1.82) is 0 Å². The SMILES string of the molecule is CCOC1CC(Nc2ccc(I)cc2C)C1(C)C. The van der Waals surface area contributed by atoms with Crippen LogP contribution in [0.2, 0.25) is 0 Å². The zero-order valence-corrected chi connectivity index (χ0v) is 13.7. The molecule has 2 rings (SSSR count). The van der Waals surface area contributed by atoms with E-state index in [4.69, 9.17) is 4.74 Å². The standard InChI is InChI=1S/C15H22INO/c1-5-18-14-9-13(15(14,3)4)17-12-7-6-11(16)8-10(12)2/h6-8,13-14,17H,5,9H2,1-4H3. The molecule has 1 N–H and O–H groups in total. The Kier molecular flexibility index (Phi) is 4.22. The van der Waals surface area contributed by atoms with E-state index >= 15 is 0 Å². The van der Waals surface area contributed by atoms with E-state index in [0.717, 1.165) is 13.0 Å². The Morgan fingerprint density at radius 3 is 2.72 bits per heavy atom. The normalized spacial score (nSPS) is 25.6. The minimum atomic E-state index is 0.214. The molecule has 1 fully saturated rings. The third-order valence-corrected chi connectivity index (χ3v) is 4.73. The number of ether oxygens (including phenoxy) is 1. The second kappa shape index (κ2) is 5.37. The monoisotopic (exact) mass is 359 g/mol. The Hall–Kier alpha value is -0.290. The molecule has 0 spiro atoms. The van der Waals surface area contributed by atoms with Crippen molar-refractivity contribution in [3.8, 4) is 0 Å². The predicted octanol–water partition coefficient (Wildman–Crippen LogP) is 4.22. The van der Waals surface area contributed by atoms with Crippen LogP contribution < -0.4 is 5.32 Å². The van der Waals surface area contributed by atoms with Crippen LogP contribution in [0.1, 0.15) is 32.8 Å². The third kappa shape index (κ3) is 2.67. The Morgan fingerprint density at radius 2 is 2.17 bits per heavy atom. The summed E-state index contributed by atoms with van der Waals surface area (Å²) in [5, 5.41) is 3.67. The lowest BCUT2D eigenvalue weighted by Crippen LogP contribution is -2.58. The first-order valence-corrected chi connectivity index (χ1v) is 7.67. The third-order valence-electron chi connectivity index (χ3n) is 4.06.